The molecule has 0 radical (unpaired) electrons. The van der Waals surface area contributed by atoms with Crippen molar-refractivity contribution in [3.05, 3.63) is 46.0 Å². The molecule has 5 heteroatoms. The van der Waals surface area contributed by atoms with Crippen LogP contribution in [0.4, 0.5) is 4.39 Å². The Labute approximate surface area is 109 Å². The van der Waals surface area contributed by atoms with Gasteiger partial charge < -0.3 is 9.67 Å². The number of hydrogen-bond acceptors (Lipinski definition) is 2. The molecule has 1 aromatic carbocycles. The molecule has 4 nitrogen and oxygen atoms in total. The van der Waals surface area contributed by atoms with E-state index in [0.717, 1.165) is 18.9 Å². The zero-order valence-corrected chi connectivity index (χ0v) is 10.5. The van der Waals surface area contributed by atoms with Crippen LogP contribution in [0.3, 0.4) is 0 Å². The summed E-state index contributed by atoms with van der Waals surface area (Å²) < 4.78 is 14.9. The molecule has 100 valence electrons. The minimum atomic E-state index is -1.29. The van der Waals surface area contributed by atoms with Gasteiger partial charge in [0.15, 0.2) is 0 Å². The SMILES string of the molecule is CCCCn1cc(C(=O)O)c(=O)c2cc(F)ccc21. The number of carboxylic acids is 1. The van der Waals surface area contributed by atoms with Gasteiger partial charge in [0.25, 0.3) is 0 Å². The number of aromatic carboxylic acids is 1. The van der Waals surface area contributed by atoms with Crippen LogP contribution in [-0.4, -0.2) is 15.6 Å². The summed E-state index contributed by atoms with van der Waals surface area (Å²) in [7, 11) is 0. The van der Waals surface area contributed by atoms with Crippen molar-refractivity contribution in [2.24, 2.45) is 0 Å². The first kappa shape index (κ1) is 13.3. The van der Waals surface area contributed by atoms with Crippen LogP contribution in [0.2, 0.25) is 0 Å². The lowest BCUT2D eigenvalue weighted by Gasteiger charge is -2.11. The highest BCUT2D eigenvalue weighted by atomic mass is 19.1. The fraction of sp³-hybridized carbons (Fsp3) is 0.286. The molecule has 2 aromatic rings. The molecule has 0 amide bonds. The van der Waals surface area contributed by atoms with E-state index in [1.54, 1.807) is 4.57 Å². The lowest BCUT2D eigenvalue weighted by atomic mass is 10.1. The molecule has 1 aromatic heterocycles. The number of aromatic nitrogens is 1. The van der Waals surface area contributed by atoms with Crippen LogP contribution in [-0.2, 0) is 6.54 Å². The summed E-state index contributed by atoms with van der Waals surface area (Å²) in [5.74, 6) is -1.84. The van der Waals surface area contributed by atoms with E-state index in [9.17, 15) is 14.0 Å². The number of benzene rings is 1. The first-order chi connectivity index (χ1) is 9.04. The summed E-state index contributed by atoms with van der Waals surface area (Å²) in [5, 5.41) is 9.14. The summed E-state index contributed by atoms with van der Waals surface area (Å²) in [6.07, 6.45) is 3.13. The molecule has 0 aliphatic heterocycles. The van der Waals surface area contributed by atoms with Crippen molar-refractivity contribution < 1.29 is 14.3 Å². The van der Waals surface area contributed by atoms with Gasteiger partial charge in [0.2, 0.25) is 5.43 Å². The summed E-state index contributed by atoms with van der Waals surface area (Å²) in [6.45, 7) is 2.61. The molecule has 0 saturated heterocycles. The second-order valence-electron chi connectivity index (χ2n) is 4.39. The van der Waals surface area contributed by atoms with Crippen molar-refractivity contribution in [1.29, 1.82) is 0 Å². The van der Waals surface area contributed by atoms with Gasteiger partial charge in [-0.1, -0.05) is 13.3 Å². The van der Waals surface area contributed by atoms with Gasteiger partial charge in [-0.05, 0) is 24.6 Å². The summed E-state index contributed by atoms with van der Waals surface area (Å²) in [4.78, 5) is 23.1. The van der Waals surface area contributed by atoms with Crippen LogP contribution in [0.25, 0.3) is 10.9 Å². The molecule has 0 fully saturated rings. The highest BCUT2D eigenvalue weighted by Gasteiger charge is 2.14. The van der Waals surface area contributed by atoms with Gasteiger partial charge in [-0.15, -0.1) is 0 Å². The Bertz CT molecular complexity index is 691. The molecule has 1 heterocycles. The lowest BCUT2D eigenvalue weighted by Crippen LogP contribution is -2.19. The largest absolute Gasteiger partial charge is 0.477 e. The van der Waals surface area contributed by atoms with Crippen LogP contribution < -0.4 is 5.43 Å². The molecule has 0 spiro atoms. The Hall–Kier alpha value is -2.17. The monoisotopic (exact) mass is 263 g/mol. The maximum atomic E-state index is 13.2. The van der Waals surface area contributed by atoms with Gasteiger partial charge in [-0.25, -0.2) is 9.18 Å². The van der Waals surface area contributed by atoms with E-state index in [0.29, 0.717) is 12.1 Å². The van der Waals surface area contributed by atoms with Crippen LogP contribution in [0.5, 0.6) is 0 Å². The number of aryl methyl sites for hydroxylation is 1. The van der Waals surface area contributed by atoms with Crippen molar-refractivity contribution in [1.82, 2.24) is 4.57 Å². The van der Waals surface area contributed by atoms with Gasteiger partial charge in [-0.2, -0.15) is 0 Å². The van der Waals surface area contributed by atoms with Crippen LogP contribution >= 0.6 is 0 Å². The molecule has 0 unspecified atom stereocenters. The fourth-order valence-electron chi connectivity index (χ4n) is 2.04. The van der Waals surface area contributed by atoms with Gasteiger partial charge in [0.05, 0.1) is 5.52 Å². The zero-order valence-electron chi connectivity index (χ0n) is 10.5. The molecule has 2 rings (SSSR count). The second-order valence-corrected chi connectivity index (χ2v) is 4.39. The van der Waals surface area contributed by atoms with Crippen LogP contribution in [0.1, 0.15) is 30.1 Å². The minimum Gasteiger partial charge on any atom is -0.477 e. The van der Waals surface area contributed by atoms with Crippen molar-refractivity contribution in [3.8, 4) is 0 Å². The Morgan fingerprint density at radius 3 is 2.79 bits per heavy atom. The second kappa shape index (κ2) is 5.22. The average Bonchev–Trinajstić information content (AvgIpc) is 2.38. The normalized spacial score (nSPS) is 10.8. The number of hydrogen-bond donors (Lipinski definition) is 1. The van der Waals surface area contributed by atoms with E-state index in [1.807, 2.05) is 6.92 Å². The topological polar surface area (TPSA) is 59.3 Å². The smallest absolute Gasteiger partial charge is 0.341 e. The molecular formula is C14H14FNO3. The molecular weight excluding hydrogens is 249 g/mol. The predicted octanol–water partition coefficient (Wildman–Crippen LogP) is 2.64. The first-order valence-electron chi connectivity index (χ1n) is 6.10. The summed E-state index contributed by atoms with van der Waals surface area (Å²) in [5.41, 5.74) is -0.409. The highest BCUT2D eigenvalue weighted by Crippen LogP contribution is 2.14. The van der Waals surface area contributed by atoms with Gasteiger partial charge >= 0.3 is 5.97 Å². The quantitative estimate of drug-likeness (QED) is 0.922. The average molecular weight is 263 g/mol. The van der Waals surface area contributed by atoms with Crippen molar-refractivity contribution in [2.75, 3.05) is 0 Å². The molecule has 0 bridgehead atoms. The van der Waals surface area contributed by atoms with E-state index in [2.05, 4.69) is 0 Å². The van der Waals surface area contributed by atoms with Crippen molar-refractivity contribution in [2.45, 2.75) is 26.3 Å². The third kappa shape index (κ3) is 2.50. The third-order valence-corrected chi connectivity index (χ3v) is 3.03. The molecule has 0 aliphatic carbocycles. The van der Waals surface area contributed by atoms with E-state index in [4.69, 9.17) is 5.11 Å². The predicted molar refractivity (Wildman–Crippen MR) is 70.0 cm³/mol. The highest BCUT2D eigenvalue weighted by molar-refractivity contribution is 5.92. The number of pyridine rings is 1. The van der Waals surface area contributed by atoms with E-state index in [1.165, 1.54) is 18.3 Å². The van der Waals surface area contributed by atoms with Crippen molar-refractivity contribution >= 4 is 16.9 Å². The number of nitrogens with zero attached hydrogens (tertiary/aromatic N) is 1. The van der Waals surface area contributed by atoms with E-state index < -0.39 is 17.2 Å². The van der Waals surface area contributed by atoms with Crippen LogP contribution in [0, 0.1) is 5.82 Å². The maximum absolute atomic E-state index is 13.2. The first-order valence-corrected chi connectivity index (χ1v) is 6.10. The lowest BCUT2D eigenvalue weighted by molar-refractivity contribution is 0.0695. The number of halogens is 1. The molecule has 1 N–H and O–H groups in total. The van der Waals surface area contributed by atoms with Gasteiger partial charge in [-0.3, -0.25) is 4.79 Å². The summed E-state index contributed by atoms with van der Waals surface area (Å²) >= 11 is 0. The number of carbonyl (C=O) groups is 1. The molecule has 0 saturated carbocycles. The third-order valence-electron chi connectivity index (χ3n) is 3.03. The number of carboxylic acid groups (broad SMARTS) is 1. The fourth-order valence-corrected chi connectivity index (χ4v) is 2.04. The number of fused-ring (bicyclic) bond motifs is 1. The standard InChI is InChI=1S/C14H14FNO3/c1-2-3-6-16-8-11(14(18)19)13(17)10-7-9(15)4-5-12(10)16/h4-5,7-8H,2-3,6H2,1H3,(H,18,19). The van der Waals surface area contributed by atoms with Crippen molar-refractivity contribution in [3.63, 3.8) is 0 Å². The van der Waals surface area contributed by atoms with E-state index in [-0.39, 0.29) is 10.9 Å². The Balaban J connectivity index is 2.76. The van der Waals surface area contributed by atoms with E-state index >= 15 is 0 Å². The molecule has 0 aliphatic rings. The number of rotatable bonds is 4. The summed E-state index contributed by atoms with van der Waals surface area (Å²) in [6, 6.07) is 3.87. The zero-order chi connectivity index (χ0) is 14.0. The number of unbranched alkanes of at least 4 members (excludes halogenated alkanes) is 1. The molecule has 19 heavy (non-hydrogen) atoms. The Morgan fingerprint density at radius 2 is 2.16 bits per heavy atom. The van der Waals surface area contributed by atoms with Gasteiger partial charge in [0, 0.05) is 18.1 Å². The maximum Gasteiger partial charge on any atom is 0.341 e. The Kier molecular flexibility index (Phi) is 3.64. The Morgan fingerprint density at radius 1 is 1.42 bits per heavy atom. The van der Waals surface area contributed by atoms with Crippen LogP contribution in [0.15, 0.2) is 29.2 Å². The molecule has 0 atom stereocenters. The minimum absolute atomic E-state index is 0.107. The van der Waals surface area contributed by atoms with Gasteiger partial charge in [0.1, 0.15) is 11.4 Å².